The van der Waals surface area contributed by atoms with Crippen LogP contribution in [0.1, 0.15) is 43.0 Å². The fourth-order valence-corrected chi connectivity index (χ4v) is 3.85. The third-order valence-corrected chi connectivity index (χ3v) is 5.82. The lowest BCUT2D eigenvalue weighted by molar-refractivity contribution is 0.0444. The second kappa shape index (κ2) is 12.3. The van der Waals surface area contributed by atoms with Crippen LogP contribution in [0.3, 0.4) is 0 Å². The minimum atomic E-state index is -0.816. The van der Waals surface area contributed by atoms with E-state index in [-0.39, 0.29) is 37.6 Å². The van der Waals surface area contributed by atoms with Gasteiger partial charge in [0.1, 0.15) is 13.2 Å². The first-order chi connectivity index (χ1) is 17.6. The molecule has 0 saturated heterocycles. The van der Waals surface area contributed by atoms with Crippen LogP contribution in [-0.4, -0.2) is 17.7 Å². The van der Waals surface area contributed by atoms with Crippen molar-refractivity contribution in [3.8, 4) is 0 Å². The Morgan fingerprint density at radius 1 is 0.444 bits per heavy atom. The predicted molar refractivity (Wildman–Crippen MR) is 137 cm³/mol. The van der Waals surface area contributed by atoms with E-state index < -0.39 is 6.16 Å². The monoisotopic (exact) mass is 478 g/mol. The number of carbonyl (C=O) groups is 3. The first-order valence-electron chi connectivity index (χ1n) is 11.7. The third kappa shape index (κ3) is 6.76. The molecule has 36 heavy (non-hydrogen) atoms. The summed E-state index contributed by atoms with van der Waals surface area (Å²) in [4.78, 5) is 37.5. The molecule has 0 bridgehead atoms. The molecule has 0 spiro atoms. The maximum absolute atomic E-state index is 12.6. The van der Waals surface area contributed by atoms with Crippen molar-refractivity contribution < 1.29 is 23.9 Å². The van der Waals surface area contributed by atoms with Gasteiger partial charge < -0.3 is 9.47 Å². The van der Waals surface area contributed by atoms with E-state index in [2.05, 4.69) is 0 Å². The quantitative estimate of drug-likeness (QED) is 0.195. The number of Topliss-reactive ketones (excluding diaryl/α,β-unsaturated/α-hetero) is 2. The molecule has 0 saturated carbocycles. The molecule has 0 aliphatic carbocycles. The van der Waals surface area contributed by atoms with Gasteiger partial charge in [0.05, 0.1) is 0 Å². The second-order valence-corrected chi connectivity index (χ2v) is 8.30. The molecule has 5 nitrogen and oxygen atoms in total. The van der Waals surface area contributed by atoms with Gasteiger partial charge in [-0.3, -0.25) is 9.59 Å². The molecule has 0 radical (unpaired) electrons. The number of hydrogen-bond donors (Lipinski definition) is 0. The molecule has 5 heteroatoms. The van der Waals surface area contributed by atoms with Gasteiger partial charge >= 0.3 is 6.16 Å². The lowest BCUT2D eigenvalue weighted by atomic mass is 9.99. The first kappa shape index (κ1) is 24.6. The average molecular weight is 479 g/mol. The molecule has 0 atom stereocenters. The number of benzene rings is 4. The molecule has 4 aromatic carbocycles. The van der Waals surface area contributed by atoms with Crippen LogP contribution in [0.15, 0.2) is 109 Å². The lowest BCUT2D eigenvalue weighted by Gasteiger charge is -2.12. The standard InChI is InChI=1S/C31H26O5/c32-29(23-11-3-1-4-12-23)19-25-15-7-9-17-27(25)21-35-31(34)36-22-28-18-10-8-16-26(28)20-30(33)24-13-5-2-6-14-24/h1-18H,19-22H2. The fraction of sp³-hybridized carbons (Fsp3) is 0.129. The molecule has 0 aliphatic heterocycles. The number of ether oxygens (including phenoxy) is 2. The zero-order valence-electron chi connectivity index (χ0n) is 19.8. The summed E-state index contributed by atoms with van der Waals surface area (Å²) in [5.41, 5.74) is 4.35. The van der Waals surface area contributed by atoms with Crippen molar-refractivity contribution in [1.82, 2.24) is 0 Å². The van der Waals surface area contributed by atoms with E-state index in [9.17, 15) is 14.4 Å². The number of ketones is 2. The molecule has 0 aromatic heterocycles. The third-order valence-electron chi connectivity index (χ3n) is 5.82. The van der Waals surface area contributed by atoms with E-state index in [0.717, 1.165) is 22.3 Å². The number of hydrogen-bond acceptors (Lipinski definition) is 5. The highest BCUT2D eigenvalue weighted by Gasteiger charge is 2.14. The fourth-order valence-electron chi connectivity index (χ4n) is 3.85. The van der Waals surface area contributed by atoms with Gasteiger partial charge in [-0.05, 0) is 22.3 Å². The Kier molecular flexibility index (Phi) is 8.39. The molecule has 180 valence electrons. The van der Waals surface area contributed by atoms with E-state index in [1.165, 1.54) is 0 Å². The summed E-state index contributed by atoms with van der Waals surface area (Å²) in [6, 6.07) is 32.9. The largest absolute Gasteiger partial charge is 0.508 e. The second-order valence-electron chi connectivity index (χ2n) is 8.30. The molecule has 0 N–H and O–H groups in total. The minimum Gasteiger partial charge on any atom is -0.429 e. The Hall–Kier alpha value is -4.51. The highest BCUT2D eigenvalue weighted by molar-refractivity contribution is 5.98. The van der Waals surface area contributed by atoms with Gasteiger partial charge in [-0.1, -0.05) is 109 Å². The predicted octanol–water partition coefficient (Wildman–Crippen LogP) is 6.39. The van der Waals surface area contributed by atoms with E-state index in [4.69, 9.17) is 9.47 Å². The SMILES string of the molecule is O=C(OCc1ccccc1CC(=O)c1ccccc1)OCc1ccccc1CC(=O)c1ccccc1. The van der Waals surface area contributed by atoms with Crippen LogP contribution in [0.25, 0.3) is 0 Å². The van der Waals surface area contributed by atoms with Crippen LogP contribution in [-0.2, 0) is 35.5 Å². The summed E-state index contributed by atoms with van der Waals surface area (Å²) < 4.78 is 10.7. The van der Waals surface area contributed by atoms with E-state index in [0.29, 0.717) is 11.1 Å². The minimum absolute atomic E-state index is 0.00714. The summed E-state index contributed by atoms with van der Waals surface area (Å²) in [6.45, 7) is -0.0174. The lowest BCUT2D eigenvalue weighted by Crippen LogP contribution is -2.12. The van der Waals surface area contributed by atoms with Gasteiger partial charge in [-0.25, -0.2) is 4.79 Å². The molecule has 0 amide bonds. The van der Waals surface area contributed by atoms with Crippen LogP contribution in [0.4, 0.5) is 4.79 Å². The summed E-state index contributed by atoms with van der Waals surface area (Å²) in [7, 11) is 0. The summed E-state index contributed by atoms with van der Waals surface area (Å²) >= 11 is 0. The van der Waals surface area contributed by atoms with Crippen molar-refractivity contribution >= 4 is 17.7 Å². The maximum Gasteiger partial charge on any atom is 0.508 e. The summed E-state index contributed by atoms with van der Waals surface area (Å²) in [6.07, 6.45) is -0.397. The van der Waals surface area contributed by atoms with Gasteiger partial charge in [0.15, 0.2) is 11.6 Å². The van der Waals surface area contributed by atoms with Crippen molar-refractivity contribution in [3.63, 3.8) is 0 Å². The maximum atomic E-state index is 12.6. The van der Waals surface area contributed by atoms with Gasteiger partial charge in [-0.15, -0.1) is 0 Å². The Labute approximate surface area is 210 Å². The normalized spacial score (nSPS) is 10.4. The first-order valence-corrected chi connectivity index (χ1v) is 11.7. The summed E-state index contributed by atoms with van der Waals surface area (Å²) in [5.74, 6) is -0.0143. The molecule has 0 fully saturated rings. The molecule has 0 heterocycles. The van der Waals surface area contributed by atoms with Gasteiger partial charge in [0, 0.05) is 24.0 Å². The van der Waals surface area contributed by atoms with Gasteiger partial charge in [-0.2, -0.15) is 0 Å². The van der Waals surface area contributed by atoms with Crippen molar-refractivity contribution in [1.29, 1.82) is 0 Å². The zero-order chi connectivity index (χ0) is 25.2. The highest BCUT2D eigenvalue weighted by atomic mass is 16.7. The Morgan fingerprint density at radius 2 is 0.778 bits per heavy atom. The molecule has 4 aromatic rings. The van der Waals surface area contributed by atoms with Gasteiger partial charge in [0.2, 0.25) is 0 Å². The van der Waals surface area contributed by atoms with Crippen LogP contribution in [0.2, 0.25) is 0 Å². The van der Waals surface area contributed by atoms with Crippen molar-refractivity contribution in [3.05, 3.63) is 143 Å². The Morgan fingerprint density at radius 3 is 1.17 bits per heavy atom. The Balaban J connectivity index is 1.32. The highest BCUT2D eigenvalue weighted by Crippen LogP contribution is 2.17. The van der Waals surface area contributed by atoms with E-state index >= 15 is 0 Å². The number of carbonyl (C=O) groups excluding carboxylic acids is 3. The van der Waals surface area contributed by atoms with Crippen molar-refractivity contribution in [2.45, 2.75) is 26.1 Å². The zero-order valence-corrected chi connectivity index (χ0v) is 19.8. The molecule has 0 aliphatic rings. The van der Waals surface area contributed by atoms with Crippen LogP contribution >= 0.6 is 0 Å². The smallest absolute Gasteiger partial charge is 0.429 e. The van der Waals surface area contributed by atoms with Crippen molar-refractivity contribution in [2.24, 2.45) is 0 Å². The topological polar surface area (TPSA) is 69.7 Å². The number of rotatable bonds is 10. The van der Waals surface area contributed by atoms with Crippen LogP contribution in [0, 0.1) is 0 Å². The van der Waals surface area contributed by atoms with Crippen LogP contribution < -0.4 is 0 Å². The van der Waals surface area contributed by atoms with Crippen molar-refractivity contribution in [2.75, 3.05) is 0 Å². The Bertz CT molecular complexity index is 1230. The average Bonchev–Trinajstić information content (AvgIpc) is 2.93. The molecular weight excluding hydrogens is 452 g/mol. The molecule has 0 unspecified atom stereocenters. The van der Waals surface area contributed by atoms with E-state index in [1.54, 1.807) is 24.3 Å². The van der Waals surface area contributed by atoms with E-state index in [1.807, 2.05) is 84.9 Å². The molecular formula is C31H26O5. The molecule has 4 rings (SSSR count). The van der Waals surface area contributed by atoms with Crippen LogP contribution in [0.5, 0.6) is 0 Å². The van der Waals surface area contributed by atoms with Gasteiger partial charge in [0.25, 0.3) is 0 Å². The summed E-state index contributed by atoms with van der Waals surface area (Å²) in [5, 5.41) is 0.